The van der Waals surface area contributed by atoms with Crippen molar-refractivity contribution in [1.29, 1.82) is 0 Å². The molecule has 7 nitrogen and oxygen atoms in total. The Morgan fingerprint density at radius 1 is 1.26 bits per heavy atom. The molecule has 1 saturated heterocycles. The maximum absolute atomic E-state index is 13.1. The number of nitrogens with zero attached hydrogens (tertiary/aromatic N) is 2. The van der Waals surface area contributed by atoms with Crippen molar-refractivity contribution in [2.24, 2.45) is 0 Å². The first-order valence-corrected chi connectivity index (χ1v) is 13.0. The maximum Gasteiger partial charge on any atom is 0.256 e. The molecule has 148 valence electrons. The smallest absolute Gasteiger partial charge is 0.256 e. The fraction of sp³-hybridized carbons (Fsp3) is 0.579. The Balaban J connectivity index is 1.93. The normalized spacial score (nSPS) is 19.8. The molecule has 1 aromatic carbocycles. The van der Waals surface area contributed by atoms with E-state index >= 15 is 0 Å². The van der Waals surface area contributed by atoms with Gasteiger partial charge in [0.1, 0.15) is 12.8 Å². The average molecular weight is 393 g/mol. The summed E-state index contributed by atoms with van der Waals surface area (Å²) in [6.07, 6.45) is 1.45. The molecular formula is C19H28N2O5Si. The average Bonchev–Trinajstić information content (AvgIpc) is 3.06. The number of ether oxygens (including phenoxy) is 2. The van der Waals surface area contributed by atoms with Crippen molar-refractivity contribution in [3.05, 3.63) is 17.7 Å². The van der Waals surface area contributed by atoms with Crippen LogP contribution in [-0.2, 0) is 9.53 Å². The SMILES string of the molecule is COc1cc2c(cc1O)N(COCC[Si](C)(C)C)C(=O)[C@@H]1CCCN1C2=O. The molecule has 1 N–H and O–H groups in total. The van der Waals surface area contributed by atoms with Crippen molar-refractivity contribution in [2.45, 2.75) is 44.6 Å². The van der Waals surface area contributed by atoms with E-state index in [1.54, 1.807) is 4.90 Å². The van der Waals surface area contributed by atoms with E-state index in [1.807, 2.05) is 0 Å². The summed E-state index contributed by atoms with van der Waals surface area (Å²) in [7, 11) is 0.191. The molecule has 0 aromatic heterocycles. The lowest BCUT2D eigenvalue weighted by molar-refractivity contribution is -0.123. The number of hydrogen-bond donors (Lipinski definition) is 1. The predicted molar refractivity (Wildman–Crippen MR) is 105 cm³/mol. The van der Waals surface area contributed by atoms with Crippen molar-refractivity contribution < 1.29 is 24.2 Å². The molecule has 0 aliphatic carbocycles. The summed E-state index contributed by atoms with van der Waals surface area (Å²) in [6.45, 7) is 7.99. The Labute approximate surface area is 160 Å². The second-order valence-corrected chi connectivity index (χ2v) is 13.9. The lowest BCUT2D eigenvalue weighted by atomic mass is 10.1. The summed E-state index contributed by atoms with van der Waals surface area (Å²) in [5, 5.41) is 10.2. The zero-order valence-electron chi connectivity index (χ0n) is 16.4. The number of hydrogen-bond acceptors (Lipinski definition) is 5. The van der Waals surface area contributed by atoms with E-state index in [0.29, 0.717) is 30.8 Å². The summed E-state index contributed by atoms with van der Waals surface area (Å²) in [5.74, 6) is -0.251. The summed E-state index contributed by atoms with van der Waals surface area (Å²) in [5.41, 5.74) is 0.738. The number of benzene rings is 1. The molecule has 0 spiro atoms. The molecule has 1 atom stereocenters. The molecular weight excluding hydrogens is 364 g/mol. The molecule has 8 heteroatoms. The monoisotopic (exact) mass is 392 g/mol. The number of carbonyl (C=O) groups excluding carboxylic acids is 2. The van der Waals surface area contributed by atoms with E-state index in [9.17, 15) is 14.7 Å². The van der Waals surface area contributed by atoms with Gasteiger partial charge in [0.05, 0.1) is 18.4 Å². The van der Waals surface area contributed by atoms with Crippen molar-refractivity contribution >= 4 is 25.6 Å². The molecule has 27 heavy (non-hydrogen) atoms. The number of fused-ring (bicyclic) bond motifs is 2. The predicted octanol–water partition coefficient (Wildman–Crippen LogP) is 2.66. The van der Waals surface area contributed by atoms with Gasteiger partial charge in [0.15, 0.2) is 11.5 Å². The van der Waals surface area contributed by atoms with Crippen LogP contribution < -0.4 is 9.64 Å². The summed E-state index contributed by atoms with van der Waals surface area (Å²) >= 11 is 0. The highest BCUT2D eigenvalue weighted by atomic mass is 28.3. The van der Waals surface area contributed by atoms with E-state index in [4.69, 9.17) is 9.47 Å². The van der Waals surface area contributed by atoms with Gasteiger partial charge >= 0.3 is 0 Å². The van der Waals surface area contributed by atoms with Gasteiger partial charge in [-0.1, -0.05) is 19.6 Å². The number of aromatic hydroxyl groups is 1. The van der Waals surface area contributed by atoms with Crippen LogP contribution in [0.5, 0.6) is 11.5 Å². The second-order valence-electron chi connectivity index (χ2n) is 8.31. The first kappa shape index (κ1) is 19.7. The first-order valence-electron chi connectivity index (χ1n) is 9.34. The highest BCUT2D eigenvalue weighted by Gasteiger charge is 2.42. The van der Waals surface area contributed by atoms with E-state index in [1.165, 1.54) is 24.1 Å². The summed E-state index contributed by atoms with van der Waals surface area (Å²) in [6, 6.07) is 3.45. The topological polar surface area (TPSA) is 79.3 Å². The third-order valence-electron chi connectivity index (χ3n) is 5.10. The first-order chi connectivity index (χ1) is 12.7. The van der Waals surface area contributed by atoms with Gasteiger partial charge in [-0.05, 0) is 25.0 Å². The number of carbonyl (C=O) groups is 2. The Hall–Kier alpha value is -2.06. The maximum atomic E-state index is 13.1. The van der Waals surface area contributed by atoms with Crippen LogP contribution in [0.3, 0.4) is 0 Å². The summed E-state index contributed by atoms with van der Waals surface area (Å²) < 4.78 is 11.0. The lowest BCUT2D eigenvalue weighted by Gasteiger charge is -2.26. The van der Waals surface area contributed by atoms with Gasteiger partial charge in [-0.3, -0.25) is 14.5 Å². The zero-order valence-corrected chi connectivity index (χ0v) is 17.4. The Bertz CT molecular complexity index is 746. The molecule has 3 rings (SSSR count). The Morgan fingerprint density at radius 3 is 2.67 bits per heavy atom. The van der Waals surface area contributed by atoms with Crippen molar-refractivity contribution in [3.63, 3.8) is 0 Å². The van der Waals surface area contributed by atoms with Crippen LogP contribution in [0, 0.1) is 0 Å². The number of anilines is 1. The molecule has 0 bridgehead atoms. The van der Waals surface area contributed by atoms with Crippen molar-refractivity contribution in [3.8, 4) is 11.5 Å². The number of phenolic OH excluding ortho intramolecular Hbond substituents is 1. The molecule has 1 fully saturated rings. The number of amides is 2. The Morgan fingerprint density at radius 2 is 2.00 bits per heavy atom. The number of rotatable bonds is 6. The van der Waals surface area contributed by atoms with Crippen LogP contribution in [-0.4, -0.2) is 62.9 Å². The van der Waals surface area contributed by atoms with Crippen molar-refractivity contribution in [2.75, 3.05) is 31.9 Å². The molecule has 0 saturated carbocycles. The Kier molecular flexibility index (Phi) is 5.48. The van der Waals surface area contributed by atoms with Gasteiger partial charge in [0, 0.05) is 27.3 Å². The third kappa shape index (κ3) is 3.96. The lowest BCUT2D eigenvalue weighted by Crippen LogP contribution is -2.45. The standard InChI is InChI=1S/C19H28N2O5Si/c1-25-17-10-13-15(11-16(17)22)21(12-26-8-9-27(2,3)4)19(24)14-6-5-7-20(14)18(13)23/h10-11,14,22H,5-9,12H2,1-4H3/t14-/m0/s1. The zero-order chi connectivity index (χ0) is 19.8. The van der Waals surface area contributed by atoms with Gasteiger partial charge in [0.2, 0.25) is 0 Å². The van der Waals surface area contributed by atoms with E-state index in [2.05, 4.69) is 19.6 Å². The van der Waals surface area contributed by atoms with Crippen LogP contribution >= 0.6 is 0 Å². The minimum Gasteiger partial charge on any atom is -0.504 e. The van der Waals surface area contributed by atoms with Gasteiger partial charge in [-0.25, -0.2) is 0 Å². The third-order valence-corrected chi connectivity index (χ3v) is 6.80. The minimum absolute atomic E-state index is 0.0691. The van der Waals surface area contributed by atoms with Gasteiger partial charge in [-0.2, -0.15) is 0 Å². The largest absolute Gasteiger partial charge is 0.504 e. The minimum atomic E-state index is -1.24. The molecule has 2 amide bonds. The highest BCUT2D eigenvalue weighted by molar-refractivity contribution is 6.76. The van der Waals surface area contributed by atoms with E-state index in [-0.39, 0.29) is 30.0 Å². The molecule has 2 heterocycles. The van der Waals surface area contributed by atoms with Crippen LogP contribution in [0.15, 0.2) is 12.1 Å². The van der Waals surface area contributed by atoms with E-state index in [0.717, 1.165) is 12.5 Å². The molecule has 0 radical (unpaired) electrons. The number of methoxy groups -OCH3 is 1. The fourth-order valence-electron chi connectivity index (χ4n) is 3.50. The van der Waals surface area contributed by atoms with Crippen LogP contribution in [0.25, 0.3) is 0 Å². The van der Waals surface area contributed by atoms with Gasteiger partial charge in [-0.15, -0.1) is 0 Å². The second kappa shape index (κ2) is 7.51. The van der Waals surface area contributed by atoms with E-state index < -0.39 is 14.1 Å². The van der Waals surface area contributed by atoms with Crippen LogP contribution in [0.4, 0.5) is 5.69 Å². The molecule has 1 aromatic rings. The van der Waals surface area contributed by atoms with Crippen molar-refractivity contribution in [1.82, 2.24) is 4.90 Å². The molecule has 2 aliphatic rings. The van der Waals surface area contributed by atoms with Crippen LogP contribution in [0.2, 0.25) is 25.7 Å². The highest BCUT2D eigenvalue weighted by Crippen LogP contribution is 2.39. The number of phenols is 1. The molecule has 2 aliphatic heterocycles. The van der Waals surface area contributed by atoms with Gasteiger partial charge in [0.25, 0.3) is 11.8 Å². The quantitative estimate of drug-likeness (QED) is 0.595. The molecule has 0 unspecified atom stereocenters. The van der Waals surface area contributed by atoms with Crippen LogP contribution in [0.1, 0.15) is 23.2 Å². The summed E-state index contributed by atoms with van der Waals surface area (Å²) in [4.78, 5) is 29.3. The van der Waals surface area contributed by atoms with Gasteiger partial charge < -0.3 is 19.5 Å². The fourth-order valence-corrected chi connectivity index (χ4v) is 4.26.